The van der Waals surface area contributed by atoms with Gasteiger partial charge in [-0.3, -0.25) is 9.59 Å². The molecule has 0 saturated heterocycles. The number of ether oxygens (including phenoxy) is 1. The Labute approximate surface area is 116 Å². The quantitative estimate of drug-likeness (QED) is 0.553. The molecule has 2 N–H and O–H groups in total. The molecule has 0 fully saturated rings. The highest BCUT2D eigenvalue weighted by molar-refractivity contribution is 5.98. The van der Waals surface area contributed by atoms with Gasteiger partial charge >= 0.3 is 5.97 Å². The molecule has 1 atom stereocenters. The van der Waals surface area contributed by atoms with Gasteiger partial charge in [0.15, 0.2) is 11.8 Å². The van der Waals surface area contributed by atoms with Crippen LogP contribution in [0.15, 0.2) is 30.3 Å². The monoisotopic (exact) mass is 279 g/mol. The fraction of sp³-hybridized carbons (Fsp3) is 0.357. The minimum absolute atomic E-state index is 0.0369. The van der Waals surface area contributed by atoms with Gasteiger partial charge in [-0.05, 0) is 0 Å². The Bertz CT molecular complexity index is 472. The lowest BCUT2D eigenvalue weighted by Crippen LogP contribution is -2.44. The van der Waals surface area contributed by atoms with Gasteiger partial charge in [0.1, 0.15) is 0 Å². The number of amides is 1. The number of aliphatic hydroxyl groups excluding tert-OH is 1. The Hall–Kier alpha value is -2.21. The summed E-state index contributed by atoms with van der Waals surface area (Å²) in [7, 11) is 1.16. The second kappa shape index (κ2) is 8.06. The van der Waals surface area contributed by atoms with E-state index in [1.54, 1.807) is 30.3 Å². The highest BCUT2D eigenvalue weighted by Gasteiger charge is 2.20. The van der Waals surface area contributed by atoms with Crippen molar-refractivity contribution >= 4 is 17.7 Å². The van der Waals surface area contributed by atoms with Crippen LogP contribution >= 0.6 is 0 Å². The summed E-state index contributed by atoms with van der Waals surface area (Å²) in [5.41, 5.74) is 0.534. The first-order chi connectivity index (χ1) is 9.58. The van der Waals surface area contributed by atoms with Crippen LogP contribution in [0.2, 0.25) is 0 Å². The van der Waals surface area contributed by atoms with Crippen molar-refractivity contribution in [1.82, 2.24) is 5.32 Å². The van der Waals surface area contributed by atoms with Crippen molar-refractivity contribution in [2.24, 2.45) is 0 Å². The molecule has 6 nitrogen and oxygen atoms in total. The number of Topliss-reactive ketones (excluding diaryl/α,β-unsaturated/α-hetero) is 1. The average molecular weight is 279 g/mol. The molecular formula is C14H17NO5. The number of rotatable bonds is 7. The Kier molecular flexibility index (Phi) is 6.39. The van der Waals surface area contributed by atoms with Gasteiger partial charge in [0.05, 0.1) is 13.7 Å². The summed E-state index contributed by atoms with van der Waals surface area (Å²) >= 11 is 0. The molecule has 0 radical (unpaired) electrons. The maximum Gasteiger partial charge on any atom is 0.330 e. The van der Waals surface area contributed by atoms with E-state index in [2.05, 4.69) is 10.1 Å². The largest absolute Gasteiger partial charge is 0.467 e. The van der Waals surface area contributed by atoms with Crippen molar-refractivity contribution in [2.75, 3.05) is 13.7 Å². The summed E-state index contributed by atoms with van der Waals surface area (Å²) in [6.45, 7) is -0.551. The molecule has 0 saturated carbocycles. The molecule has 0 aliphatic carbocycles. The van der Waals surface area contributed by atoms with E-state index >= 15 is 0 Å². The van der Waals surface area contributed by atoms with Crippen LogP contribution in [0.25, 0.3) is 0 Å². The number of aliphatic hydroxyl groups is 1. The van der Waals surface area contributed by atoms with Crippen molar-refractivity contribution in [2.45, 2.75) is 18.9 Å². The number of carbonyl (C=O) groups is 3. The van der Waals surface area contributed by atoms with Crippen molar-refractivity contribution in [1.29, 1.82) is 0 Å². The highest BCUT2D eigenvalue weighted by atomic mass is 16.5. The Morgan fingerprint density at radius 1 is 1.20 bits per heavy atom. The van der Waals surface area contributed by atoms with Gasteiger partial charge in [-0.2, -0.15) is 0 Å². The highest BCUT2D eigenvalue weighted by Crippen LogP contribution is 2.05. The van der Waals surface area contributed by atoms with Crippen LogP contribution in [-0.2, 0) is 14.3 Å². The lowest BCUT2D eigenvalue weighted by Gasteiger charge is -2.13. The zero-order valence-corrected chi connectivity index (χ0v) is 11.2. The number of hydrogen-bond donors (Lipinski definition) is 2. The molecule has 0 aliphatic heterocycles. The molecule has 6 heteroatoms. The van der Waals surface area contributed by atoms with Gasteiger partial charge in [-0.15, -0.1) is 0 Å². The molecule has 20 heavy (non-hydrogen) atoms. The standard InChI is InChI=1S/C14H17NO5/c1-20-14(19)11(9-16)15-13(18)8-7-12(17)10-5-3-2-4-6-10/h2-6,11,16H,7-9H2,1H3,(H,15,18)/t11-/m1/s1. The predicted octanol–water partition coefficient (Wildman–Crippen LogP) is 0.300. The maximum atomic E-state index is 11.8. The normalized spacial score (nSPS) is 11.5. The molecule has 1 aromatic rings. The number of methoxy groups -OCH3 is 1. The van der Waals surface area contributed by atoms with E-state index in [9.17, 15) is 14.4 Å². The van der Waals surface area contributed by atoms with Crippen LogP contribution in [-0.4, -0.2) is 42.5 Å². The van der Waals surface area contributed by atoms with Crippen molar-refractivity contribution in [3.8, 4) is 0 Å². The van der Waals surface area contributed by atoms with Gasteiger partial charge in [-0.25, -0.2) is 4.79 Å². The fourth-order valence-corrected chi connectivity index (χ4v) is 1.58. The van der Waals surface area contributed by atoms with Crippen LogP contribution in [0.3, 0.4) is 0 Å². The van der Waals surface area contributed by atoms with Gasteiger partial charge < -0.3 is 15.2 Å². The van der Waals surface area contributed by atoms with Crippen molar-refractivity contribution in [3.63, 3.8) is 0 Å². The summed E-state index contributed by atoms with van der Waals surface area (Å²) in [6.07, 6.45) is -0.0175. The predicted molar refractivity (Wildman–Crippen MR) is 71.0 cm³/mol. The van der Waals surface area contributed by atoms with E-state index in [4.69, 9.17) is 5.11 Å². The number of nitrogens with one attached hydrogen (secondary N) is 1. The van der Waals surface area contributed by atoms with Gasteiger partial charge in [0, 0.05) is 18.4 Å². The molecular weight excluding hydrogens is 262 g/mol. The zero-order valence-electron chi connectivity index (χ0n) is 11.2. The van der Waals surface area contributed by atoms with E-state index < -0.39 is 24.5 Å². The summed E-state index contributed by atoms with van der Waals surface area (Å²) in [5, 5.41) is 11.3. The molecule has 1 aromatic carbocycles. The van der Waals surface area contributed by atoms with Crippen LogP contribution in [0, 0.1) is 0 Å². The second-order valence-corrected chi connectivity index (χ2v) is 4.12. The average Bonchev–Trinajstić information content (AvgIpc) is 2.50. The van der Waals surface area contributed by atoms with E-state index in [1.165, 1.54) is 0 Å². The molecule has 0 aliphatic rings. The fourth-order valence-electron chi connectivity index (χ4n) is 1.58. The van der Waals surface area contributed by atoms with E-state index in [1.807, 2.05) is 0 Å². The molecule has 0 unspecified atom stereocenters. The molecule has 1 rings (SSSR count). The van der Waals surface area contributed by atoms with Crippen molar-refractivity contribution in [3.05, 3.63) is 35.9 Å². The zero-order chi connectivity index (χ0) is 15.0. The third-order valence-electron chi connectivity index (χ3n) is 2.68. The minimum Gasteiger partial charge on any atom is -0.467 e. The molecule has 0 spiro atoms. The molecule has 1 amide bonds. The molecule has 0 bridgehead atoms. The first-order valence-corrected chi connectivity index (χ1v) is 6.14. The van der Waals surface area contributed by atoms with Crippen LogP contribution in [0.1, 0.15) is 23.2 Å². The number of esters is 1. The Balaban J connectivity index is 2.43. The van der Waals surface area contributed by atoms with Crippen LogP contribution < -0.4 is 5.32 Å². The lowest BCUT2D eigenvalue weighted by molar-refractivity contribution is -0.146. The SMILES string of the molecule is COC(=O)[C@@H](CO)NC(=O)CCC(=O)c1ccccc1. The number of carbonyl (C=O) groups excluding carboxylic acids is 3. The Morgan fingerprint density at radius 3 is 2.40 bits per heavy atom. The van der Waals surface area contributed by atoms with Crippen LogP contribution in [0.5, 0.6) is 0 Å². The van der Waals surface area contributed by atoms with E-state index in [0.717, 1.165) is 7.11 Å². The number of benzene rings is 1. The smallest absolute Gasteiger partial charge is 0.330 e. The Morgan fingerprint density at radius 2 is 1.85 bits per heavy atom. The summed E-state index contributed by atoms with van der Waals surface area (Å²) < 4.78 is 4.42. The van der Waals surface area contributed by atoms with E-state index in [0.29, 0.717) is 5.56 Å². The summed E-state index contributed by atoms with van der Waals surface area (Å²) in [5.74, 6) is -1.37. The third kappa shape index (κ3) is 4.81. The van der Waals surface area contributed by atoms with Crippen LogP contribution in [0.4, 0.5) is 0 Å². The first kappa shape index (κ1) is 15.8. The number of ketones is 1. The second-order valence-electron chi connectivity index (χ2n) is 4.12. The minimum atomic E-state index is -1.10. The topological polar surface area (TPSA) is 92.7 Å². The van der Waals surface area contributed by atoms with Gasteiger partial charge in [0.25, 0.3) is 0 Å². The van der Waals surface area contributed by atoms with Gasteiger partial charge in [0.2, 0.25) is 5.91 Å². The number of hydrogen-bond acceptors (Lipinski definition) is 5. The van der Waals surface area contributed by atoms with Crippen molar-refractivity contribution < 1.29 is 24.2 Å². The summed E-state index contributed by atoms with van der Waals surface area (Å²) in [4.78, 5) is 34.5. The van der Waals surface area contributed by atoms with E-state index in [-0.39, 0.29) is 18.6 Å². The third-order valence-corrected chi connectivity index (χ3v) is 2.68. The molecule has 0 aromatic heterocycles. The maximum absolute atomic E-state index is 11.8. The molecule has 0 heterocycles. The lowest BCUT2D eigenvalue weighted by atomic mass is 10.1. The van der Waals surface area contributed by atoms with Gasteiger partial charge in [-0.1, -0.05) is 30.3 Å². The summed E-state index contributed by atoms with van der Waals surface area (Å²) in [6, 6.07) is 7.53. The molecule has 108 valence electrons. The first-order valence-electron chi connectivity index (χ1n) is 6.14.